The topological polar surface area (TPSA) is 112 Å². The highest BCUT2D eigenvalue weighted by Crippen LogP contribution is 2.22. The zero-order chi connectivity index (χ0) is 15.4. The third-order valence-electron chi connectivity index (χ3n) is 2.92. The van der Waals surface area contributed by atoms with Gasteiger partial charge in [0.1, 0.15) is 17.9 Å². The van der Waals surface area contributed by atoms with E-state index in [4.69, 9.17) is 20.4 Å². The Morgan fingerprint density at radius 1 is 1.43 bits per heavy atom. The Labute approximate surface area is 120 Å². The van der Waals surface area contributed by atoms with Gasteiger partial charge in [0.05, 0.1) is 25.5 Å². The molecule has 21 heavy (non-hydrogen) atoms. The summed E-state index contributed by atoms with van der Waals surface area (Å²) in [5.74, 6) is -0.557. The normalized spacial score (nSPS) is 9.67. The molecule has 0 fully saturated rings. The first-order chi connectivity index (χ1) is 10.1. The van der Waals surface area contributed by atoms with Crippen LogP contribution in [0, 0.1) is 22.7 Å². The summed E-state index contributed by atoms with van der Waals surface area (Å²) in [5.41, 5.74) is 0.854. The van der Waals surface area contributed by atoms with Gasteiger partial charge in [0.2, 0.25) is 0 Å². The van der Waals surface area contributed by atoms with E-state index in [2.05, 4.69) is 4.98 Å². The van der Waals surface area contributed by atoms with Gasteiger partial charge in [0.25, 0.3) is 0 Å². The maximum absolute atomic E-state index is 11.0. The smallest absolute Gasteiger partial charge is 0.335 e. The van der Waals surface area contributed by atoms with Gasteiger partial charge in [-0.15, -0.1) is 0 Å². The molecule has 1 aromatic carbocycles. The van der Waals surface area contributed by atoms with E-state index in [1.807, 2.05) is 12.1 Å². The van der Waals surface area contributed by atoms with Crippen LogP contribution < -0.4 is 4.74 Å². The minimum Gasteiger partial charge on any atom is -0.496 e. The van der Waals surface area contributed by atoms with Crippen molar-refractivity contribution in [1.29, 1.82) is 10.5 Å². The molecule has 0 radical (unpaired) electrons. The maximum atomic E-state index is 11.0. The molecule has 0 unspecified atom stereocenters. The Hall–Kier alpha value is -3.32. The SMILES string of the molecule is COc1ccc(C(=O)O)cc1Cn1cnc(C#N)c1C#N. The van der Waals surface area contributed by atoms with E-state index in [0.717, 1.165) is 0 Å². The summed E-state index contributed by atoms with van der Waals surface area (Å²) in [4.78, 5) is 14.9. The molecule has 1 heterocycles. The van der Waals surface area contributed by atoms with E-state index < -0.39 is 5.97 Å². The number of nitrogens with zero attached hydrogens (tertiary/aromatic N) is 4. The molecule has 0 bridgehead atoms. The van der Waals surface area contributed by atoms with Crippen molar-refractivity contribution < 1.29 is 14.6 Å². The molecular weight excluding hydrogens is 272 g/mol. The molecule has 0 spiro atoms. The Morgan fingerprint density at radius 3 is 2.76 bits per heavy atom. The molecule has 0 aliphatic carbocycles. The standard InChI is InChI=1S/C14H10N4O3/c1-21-13-3-2-9(14(19)20)4-10(13)7-18-8-17-11(5-15)12(18)6-16/h2-4,8H,7H2,1H3,(H,19,20). The molecule has 0 saturated carbocycles. The average molecular weight is 282 g/mol. The number of benzene rings is 1. The van der Waals surface area contributed by atoms with Crippen LogP contribution in [0.25, 0.3) is 0 Å². The van der Waals surface area contributed by atoms with Crippen LogP contribution in [0.1, 0.15) is 27.3 Å². The van der Waals surface area contributed by atoms with Crippen LogP contribution in [-0.4, -0.2) is 27.7 Å². The van der Waals surface area contributed by atoms with Crippen LogP contribution in [0.3, 0.4) is 0 Å². The van der Waals surface area contributed by atoms with Gasteiger partial charge in [-0.25, -0.2) is 9.78 Å². The van der Waals surface area contributed by atoms with Crippen molar-refractivity contribution in [2.45, 2.75) is 6.54 Å². The van der Waals surface area contributed by atoms with E-state index in [1.54, 1.807) is 6.07 Å². The fraction of sp³-hybridized carbons (Fsp3) is 0.143. The van der Waals surface area contributed by atoms with Gasteiger partial charge in [-0.2, -0.15) is 10.5 Å². The van der Waals surface area contributed by atoms with Crippen molar-refractivity contribution in [3.63, 3.8) is 0 Å². The lowest BCUT2D eigenvalue weighted by molar-refractivity contribution is 0.0696. The molecule has 1 aromatic heterocycles. The van der Waals surface area contributed by atoms with Gasteiger partial charge in [0, 0.05) is 5.56 Å². The highest BCUT2D eigenvalue weighted by atomic mass is 16.5. The van der Waals surface area contributed by atoms with E-state index in [1.165, 1.54) is 30.1 Å². The van der Waals surface area contributed by atoms with Crippen molar-refractivity contribution in [3.05, 3.63) is 47.0 Å². The molecule has 1 N–H and O–H groups in total. The van der Waals surface area contributed by atoms with E-state index in [0.29, 0.717) is 11.3 Å². The van der Waals surface area contributed by atoms with Crippen LogP contribution in [0.5, 0.6) is 5.75 Å². The largest absolute Gasteiger partial charge is 0.496 e. The number of rotatable bonds is 4. The van der Waals surface area contributed by atoms with Crippen LogP contribution in [0.4, 0.5) is 0 Å². The summed E-state index contributed by atoms with van der Waals surface area (Å²) in [6.07, 6.45) is 1.37. The van der Waals surface area contributed by atoms with Gasteiger partial charge >= 0.3 is 5.97 Å². The Balaban J connectivity index is 2.46. The predicted molar refractivity (Wildman–Crippen MR) is 70.7 cm³/mol. The molecule has 0 amide bonds. The summed E-state index contributed by atoms with van der Waals surface area (Å²) < 4.78 is 6.66. The van der Waals surface area contributed by atoms with Gasteiger partial charge in [-0.05, 0) is 18.2 Å². The van der Waals surface area contributed by atoms with Crippen LogP contribution in [0.15, 0.2) is 24.5 Å². The number of ether oxygens (including phenoxy) is 1. The van der Waals surface area contributed by atoms with Crippen molar-refractivity contribution in [1.82, 2.24) is 9.55 Å². The minimum absolute atomic E-state index is 0.0332. The number of aromatic carboxylic acids is 1. The summed E-state index contributed by atoms with van der Waals surface area (Å²) >= 11 is 0. The average Bonchev–Trinajstić information content (AvgIpc) is 2.88. The third-order valence-corrected chi connectivity index (χ3v) is 2.92. The number of carbonyl (C=O) groups is 1. The van der Waals surface area contributed by atoms with Gasteiger partial charge < -0.3 is 14.4 Å². The quantitative estimate of drug-likeness (QED) is 0.906. The second-order valence-corrected chi connectivity index (χ2v) is 4.13. The van der Waals surface area contributed by atoms with Crippen molar-refractivity contribution in [2.24, 2.45) is 0 Å². The monoisotopic (exact) mass is 282 g/mol. The first-order valence-electron chi connectivity index (χ1n) is 5.86. The first kappa shape index (κ1) is 14.1. The first-order valence-corrected chi connectivity index (χ1v) is 5.86. The zero-order valence-corrected chi connectivity index (χ0v) is 11.1. The number of methoxy groups -OCH3 is 1. The van der Waals surface area contributed by atoms with E-state index >= 15 is 0 Å². The van der Waals surface area contributed by atoms with Crippen molar-refractivity contribution >= 4 is 5.97 Å². The van der Waals surface area contributed by atoms with Gasteiger partial charge in [-0.3, -0.25) is 0 Å². The molecule has 0 aliphatic heterocycles. The lowest BCUT2D eigenvalue weighted by Crippen LogP contribution is -2.06. The van der Waals surface area contributed by atoms with Crippen LogP contribution >= 0.6 is 0 Å². The second kappa shape index (κ2) is 5.76. The predicted octanol–water partition coefficient (Wildman–Crippen LogP) is 1.38. The highest BCUT2D eigenvalue weighted by Gasteiger charge is 2.14. The van der Waals surface area contributed by atoms with E-state index in [-0.39, 0.29) is 23.5 Å². The molecule has 2 aromatic rings. The number of carboxylic acid groups (broad SMARTS) is 1. The number of hydrogen-bond donors (Lipinski definition) is 1. The fourth-order valence-electron chi connectivity index (χ4n) is 1.92. The van der Waals surface area contributed by atoms with Gasteiger partial charge in [-0.1, -0.05) is 0 Å². The Morgan fingerprint density at radius 2 is 2.19 bits per heavy atom. The molecule has 0 aliphatic rings. The molecule has 104 valence electrons. The number of carboxylic acids is 1. The Bertz CT molecular complexity index is 780. The molecule has 7 nitrogen and oxygen atoms in total. The molecular formula is C14H10N4O3. The number of hydrogen-bond acceptors (Lipinski definition) is 5. The summed E-state index contributed by atoms with van der Waals surface area (Å²) in [5, 5.41) is 27.0. The van der Waals surface area contributed by atoms with Gasteiger partial charge in [0.15, 0.2) is 11.4 Å². The molecule has 7 heteroatoms. The second-order valence-electron chi connectivity index (χ2n) is 4.13. The van der Waals surface area contributed by atoms with E-state index in [9.17, 15) is 4.79 Å². The minimum atomic E-state index is -1.05. The third kappa shape index (κ3) is 2.67. The van der Waals surface area contributed by atoms with Crippen molar-refractivity contribution in [3.8, 4) is 17.9 Å². The molecule has 0 atom stereocenters. The van der Waals surface area contributed by atoms with Crippen molar-refractivity contribution in [2.75, 3.05) is 7.11 Å². The molecule has 2 rings (SSSR count). The highest BCUT2D eigenvalue weighted by molar-refractivity contribution is 5.88. The zero-order valence-electron chi connectivity index (χ0n) is 11.1. The summed E-state index contributed by atoms with van der Waals surface area (Å²) in [6.45, 7) is 0.182. The number of nitriles is 2. The Kier molecular flexibility index (Phi) is 3.87. The summed E-state index contributed by atoms with van der Waals surface area (Å²) in [7, 11) is 1.47. The van der Waals surface area contributed by atoms with Crippen LogP contribution in [-0.2, 0) is 6.54 Å². The lowest BCUT2D eigenvalue weighted by Gasteiger charge is -2.10. The van der Waals surface area contributed by atoms with Crippen LogP contribution in [0.2, 0.25) is 0 Å². The number of aromatic nitrogens is 2. The summed E-state index contributed by atoms with van der Waals surface area (Å²) in [6, 6.07) is 8.19. The number of imidazole rings is 1. The molecule has 0 saturated heterocycles. The maximum Gasteiger partial charge on any atom is 0.335 e. The fourth-order valence-corrected chi connectivity index (χ4v) is 1.92. The lowest BCUT2D eigenvalue weighted by atomic mass is 10.1.